The van der Waals surface area contributed by atoms with Gasteiger partial charge in [0.25, 0.3) is 0 Å². The first-order chi connectivity index (χ1) is 7.98. The van der Waals surface area contributed by atoms with Crippen molar-refractivity contribution < 1.29 is 0 Å². The van der Waals surface area contributed by atoms with Crippen LogP contribution in [-0.2, 0) is 0 Å². The van der Waals surface area contributed by atoms with Crippen molar-refractivity contribution in [2.75, 3.05) is 7.05 Å². The van der Waals surface area contributed by atoms with Gasteiger partial charge < -0.3 is 4.23 Å². The first kappa shape index (κ1) is 17.4. The maximum Gasteiger partial charge on any atom is 0.111 e. The highest BCUT2D eigenvalue weighted by atomic mass is 28.4. The molecule has 0 N–H and O–H groups in total. The van der Waals surface area contributed by atoms with Crippen molar-refractivity contribution in [2.45, 2.75) is 84.0 Å². The Labute approximate surface area is 113 Å². The molecule has 0 amide bonds. The molecule has 104 valence electrons. The maximum absolute atomic E-state index is 2.74. The summed E-state index contributed by atoms with van der Waals surface area (Å²) in [5.41, 5.74) is 0. The van der Waals surface area contributed by atoms with Gasteiger partial charge in [-0.1, -0.05) is 84.0 Å². The summed E-state index contributed by atoms with van der Waals surface area (Å²) in [6.07, 6.45) is 11.7. The second-order valence-electron chi connectivity index (χ2n) is 6.42. The second-order valence-corrected chi connectivity index (χ2v) is 14.3. The van der Waals surface area contributed by atoms with Gasteiger partial charge in [-0.15, -0.1) is 0 Å². The average Bonchev–Trinajstić information content (AvgIpc) is 2.25. The minimum Gasteiger partial charge on any atom is -0.353 e. The van der Waals surface area contributed by atoms with Crippen molar-refractivity contribution in [2.24, 2.45) is 0 Å². The van der Waals surface area contributed by atoms with Crippen LogP contribution in [0.4, 0.5) is 0 Å². The van der Waals surface area contributed by atoms with Crippen molar-refractivity contribution in [3.8, 4) is 0 Å². The number of rotatable bonds is 11. The fourth-order valence-electron chi connectivity index (χ4n) is 2.00. The van der Waals surface area contributed by atoms with Crippen LogP contribution in [0.2, 0.25) is 25.7 Å². The molecule has 0 heterocycles. The van der Waals surface area contributed by atoms with Crippen molar-refractivity contribution in [3.05, 3.63) is 0 Å². The van der Waals surface area contributed by atoms with E-state index in [4.69, 9.17) is 0 Å². The van der Waals surface area contributed by atoms with Crippen LogP contribution < -0.4 is 0 Å². The monoisotopic (exact) mass is 273 g/mol. The summed E-state index contributed by atoms with van der Waals surface area (Å²) in [5, 5.41) is 0. The van der Waals surface area contributed by atoms with Crippen molar-refractivity contribution in [3.63, 3.8) is 0 Å². The molecule has 1 nitrogen and oxygen atoms in total. The molecular weight excluding hydrogens is 238 g/mol. The summed E-state index contributed by atoms with van der Waals surface area (Å²) in [7, 11) is 1.49. The summed E-state index contributed by atoms with van der Waals surface area (Å²) in [4.78, 5) is 0. The molecule has 0 aromatic heterocycles. The normalized spacial score (nSPS) is 13.1. The van der Waals surface area contributed by atoms with Gasteiger partial charge in [-0.05, 0) is 7.05 Å². The van der Waals surface area contributed by atoms with Crippen LogP contribution in [0.15, 0.2) is 0 Å². The number of hydrogen-bond donors (Lipinski definition) is 0. The van der Waals surface area contributed by atoms with Crippen LogP contribution in [0, 0.1) is 0 Å². The molecule has 0 saturated carbocycles. The fourth-order valence-corrected chi connectivity index (χ4v) is 6.20. The molecule has 3 heteroatoms. The van der Waals surface area contributed by atoms with E-state index in [1.807, 2.05) is 0 Å². The third kappa shape index (κ3) is 11.2. The Balaban J connectivity index is 3.19. The topological polar surface area (TPSA) is 3.24 Å². The third-order valence-electron chi connectivity index (χ3n) is 3.74. The Bertz CT molecular complexity index is 166. The molecule has 0 atom stereocenters. The van der Waals surface area contributed by atoms with Crippen LogP contribution in [0.25, 0.3) is 0 Å². The highest BCUT2D eigenvalue weighted by Crippen LogP contribution is 2.11. The van der Waals surface area contributed by atoms with E-state index in [9.17, 15) is 0 Å². The lowest BCUT2D eigenvalue weighted by Gasteiger charge is -2.29. The lowest BCUT2D eigenvalue weighted by molar-refractivity contribution is 0.583. The van der Waals surface area contributed by atoms with E-state index in [1.165, 1.54) is 57.4 Å². The van der Waals surface area contributed by atoms with E-state index >= 15 is 0 Å². The zero-order valence-corrected chi connectivity index (χ0v) is 15.4. The highest BCUT2D eigenvalue weighted by Gasteiger charge is 2.18. The maximum atomic E-state index is 2.74. The van der Waals surface area contributed by atoms with E-state index < -0.39 is 8.24 Å². The number of nitrogens with zero attached hydrogens (tertiary/aromatic N) is 1. The van der Waals surface area contributed by atoms with Crippen molar-refractivity contribution in [1.29, 1.82) is 0 Å². The van der Waals surface area contributed by atoms with E-state index in [0.717, 1.165) is 0 Å². The van der Waals surface area contributed by atoms with E-state index in [1.54, 1.807) is 0 Å². The molecule has 17 heavy (non-hydrogen) atoms. The molecule has 0 aromatic carbocycles. The van der Waals surface area contributed by atoms with Crippen LogP contribution in [-0.4, -0.2) is 29.2 Å². The molecule has 0 aliphatic carbocycles. The Kier molecular flexibility index (Phi) is 10.6. The molecule has 0 unspecified atom stereocenters. The molecule has 0 aliphatic heterocycles. The van der Waals surface area contributed by atoms with E-state index in [-0.39, 0.29) is 9.68 Å². The molecule has 0 aliphatic rings. The van der Waals surface area contributed by atoms with Gasteiger partial charge in [0.2, 0.25) is 0 Å². The Morgan fingerprint density at radius 2 is 1.29 bits per heavy atom. The van der Waals surface area contributed by atoms with Gasteiger partial charge in [-0.3, -0.25) is 0 Å². The molecule has 0 bridgehead atoms. The molecule has 0 saturated heterocycles. The largest absolute Gasteiger partial charge is 0.353 e. The predicted octanol–water partition coefficient (Wildman–Crippen LogP) is 4.40. The van der Waals surface area contributed by atoms with Crippen LogP contribution in [0.1, 0.15) is 58.3 Å². The molecule has 0 aromatic rings. The SMILES string of the molecule is CCCCCCCCCC[SiH2]N(C)[Si](C)(C)C. The molecule has 0 rings (SSSR count). The summed E-state index contributed by atoms with van der Waals surface area (Å²) in [6, 6.07) is 1.54. The standard InChI is InChI=1S/C14H35NSi2/c1-6-7-8-9-10-11-12-13-14-16-15(2)17(3,4)5/h6-14,16H2,1-5H3. The summed E-state index contributed by atoms with van der Waals surface area (Å²) in [5.74, 6) is 0. The molecule has 0 spiro atoms. The minimum absolute atomic E-state index is 0.0790. The van der Waals surface area contributed by atoms with Crippen molar-refractivity contribution in [1.82, 2.24) is 4.23 Å². The average molecular weight is 274 g/mol. The Hall–Kier alpha value is 0.394. The predicted molar refractivity (Wildman–Crippen MR) is 87.1 cm³/mol. The quantitative estimate of drug-likeness (QED) is 0.398. The van der Waals surface area contributed by atoms with Crippen LogP contribution in [0.5, 0.6) is 0 Å². The summed E-state index contributed by atoms with van der Waals surface area (Å²) >= 11 is 0. The highest BCUT2D eigenvalue weighted by molar-refractivity contribution is 6.78. The van der Waals surface area contributed by atoms with Gasteiger partial charge in [-0.25, -0.2) is 0 Å². The lowest BCUT2D eigenvalue weighted by Crippen LogP contribution is -2.45. The van der Waals surface area contributed by atoms with E-state index in [2.05, 4.69) is 37.8 Å². The first-order valence-electron chi connectivity index (χ1n) is 7.69. The van der Waals surface area contributed by atoms with Gasteiger partial charge in [0.05, 0.1) is 9.68 Å². The summed E-state index contributed by atoms with van der Waals surface area (Å²) < 4.78 is 2.74. The van der Waals surface area contributed by atoms with E-state index in [0.29, 0.717) is 0 Å². The van der Waals surface area contributed by atoms with Crippen molar-refractivity contribution >= 4 is 17.9 Å². The van der Waals surface area contributed by atoms with Gasteiger partial charge in [0.1, 0.15) is 8.24 Å². The zero-order chi connectivity index (χ0) is 13.1. The first-order valence-corrected chi connectivity index (χ1v) is 12.8. The molecule has 0 fully saturated rings. The summed E-state index contributed by atoms with van der Waals surface area (Å²) in [6.45, 7) is 9.69. The second kappa shape index (κ2) is 10.3. The fraction of sp³-hybridized carbons (Fsp3) is 1.00. The minimum atomic E-state index is -0.956. The number of hydrogen-bond acceptors (Lipinski definition) is 1. The third-order valence-corrected chi connectivity index (χ3v) is 11.0. The Morgan fingerprint density at radius 3 is 1.76 bits per heavy atom. The lowest BCUT2D eigenvalue weighted by atomic mass is 10.1. The van der Waals surface area contributed by atoms with Crippen LogP contribution in [0.3, 0.4) is 0 Å². The van der Waals surface area contributed by atoms with Gasteiger partial charge >= 0.3 is 0 Å². The number of unbranched alkanes of at least 4 members (excludes halogenated alkanes) is 7. The van der Waals surface area contributed by atoms with Gasteiger partial charge in [0, 0.05) is 0 Å². The van der Waals surface area contributed by atoms with Crippen LogP contribution >= 0.6 is 0 Å². The van der Waals surface area contributed by atoms with Gasteiger partial charge in [0.15, 0.2) is 0 Å². The molecular formula is C14H35NSi2. The van der Waals surface area contributed by atoms with Gasteiger partial charge in [-0.2, -0.15) is 0 Å². The zero-order valence-electron chi connectivity index (χ0n) is 13.0. The smallest absolute Gasteiger partial charge is 0.111 e. The molecule has 0 radical (unpaired) electrons. The Morgan fingerprint density at radius 1 is 0.824 bits per heavy atom.